The van der Waals surface area contributed by atoms with E-state index in [-0.39, 0.29) is 5.56 Å². The van der Waals surface area contributed by atoms with Gasteiger partial charge in [-0.2, -0.15) is 4.98 Å². The molecule has 8 nitrogen and oxygen atoms in total. The number of hydrogen-bond acceptors (Lipinski definition) is 7. The molecule has 2 N–H and O–H groups in total. The van der Waals surface area contributed by atoms with E-state index in [0.717, 1.165) is 22.4 Å². The summed E-state index contributed by atoms with van der Waals surface area (Å²) in [5.74, 6) is 2.47. The van der Waals surface area contributed by atoms with Crippen LogP contribution in [0.15, 0.2) is 59.5 Å². The average Bonchev–Trinajstić information content (AvgIpc) is 2.82. The Bertz CT molecular complexity index is 1320. The number of nitrogens with one attached hydrogen (secondary N) is 2. The maximum atomic E-state index is 12.9. The summed E-state index contributed by atoms with van der Waals surface area (Å²) < 4.78 is 16.6. The van der Waals surface area contributed by atoms with Crippen molar-refractivity contribution in [3.8, 4) is 28.4 Å². The first kappa shape index (κ1) is 18.9. The van der Waals surface area contributed by atoms with Gasteiger partial charge in [-0.25, -0.2) is 4.98 Å². The Morgan fingerprint density at radius 1 is 1.06 bits per heavy atom. The Balaban J connectivity index is 1.46. The smallest absolute Gasteiger partial charge is 0.262 e. The number of anilines is 1. The summed E-state index contributed by atoms with van der Waals surface area (Å²) >= 11 is 0. The van der Waals surface area contributed by atoms with Crippen molar-refractivity contribution in [3.63, 3.8) is 0 Å². The number of benzene rings is 2. The van der Waals surface area contributed by atoms with Gasteiger partial charge in [0.05, 0.1) is 12.5 Å². The Morgan fingerprint density at radius 2 is 1.90 bits per heavy atom. The number of aromatic amines is 1. The predicted molar refractivity (Wildman–Crippen MR) is 117 cm³/mol. The van der Waals surface area contributed by atoms with Crippen LogP contribution in [0.2, 0.25) is 0 Å². The maximum Gasteiger partial charge on any atom is 0.262 e. The molecule has 0 saturated heterocycles. The summed E-state index contributed by atoms with van der Waals surface area (Å²) in [6, 6.07) is 15.1. The number of methoxy groups -OCH3 is 1. The minimum Gasteiger partial charge on any atom is -0.496 e. The molecule has 1 aliphatic rings. The SMILES string of the molecule is COc1ccccc1-c1ccnc2nc(NCc3ccc4c(c3)OCCO4)[nH]c(=O)c12. The first-order valence-electron chi connectivity index (χ1n) is 9.88. The highest BCUT2D eigenvalue weighted by molar-refractivity contribution is 5.93. The fourth-order valence-electron chi connectivity index (χ4n) is 3.62. The van der Waals surface area contributed by atoms with Gasteiger partial charge in [-0.15, -0.1) is 0 Å². The molecule has 156 valence electrons. The highest BCUT2D eigenvalue weighted by atomic mass is 16.6. The third kappa shape index (κ3) is 3.63. The molecule has 0 aliphatic carbocycles. The highest BCUT2D eigenvalue weighted by Gasteiger charge is 2.15. The number of para-hydroxylation sites is 1. The molecule has 0 saturated carbocycles. The zero-order valence-electron chi connectivity index (χ0n) is 16.8. The Labute approximate surface area is 177 Å². The molecule has 31 heavy (non-hydrogen) atoms. The zero-order chi connectivity index (χ0) is 21.2. The summed E-state index contributed by atoms with van der Waals surface area (Å²) in [6.45, 7) is 1.54. The van der Waals surface area contributed by atoms with Crippen LogP contribution < -0.4 is 25.1 Å². The van der Waals surface area contributed by atoms with Crippen LogP contribution in [-0.4, -0.2) is 35.3 Å². The topological polar surface area (TPSA) is 98.4 Å². The number of hydrogen-bond donors (Lipinski definition) is 2. The van der Waals surface area contributed by atoms with E-state index in [1.807, 2.05) is 42.5 Å². The molecular formula is C23H20N4O4. The lowest BCUT2D eigenvalue weighted by molar-refractivity contribution is 0.171. The third-order valence-electron chi connectivity index (χ3n) is 5.07. The second-order valence-electron chi connectivity index (χ2n) is 7.00. The van der Waals surface area contributed by atoms with Crippen LogP contribution in [0.3, 0.4) is 0 Å². The van der Waals surface area contributed by atoms with E-state index in [1.165, 1.54) is 0 Å². The van der Waals surface area contributed by atoms with E-state index in [0.29, 0.717) is 48.2 Å². The van der Waals surface area contributed by atoms with Crippen LogP contribution in [0.25, 0.3) is 22.2 Å². The second kappa shape index (κ2) is 7.98. The van der Waals surface area contributed by atoms with Gasteiger partial charge >= 0.3 is 0 Å². The third-order valence-corrected chi connectivity index (χ3v) is 5.07. The van der Waals surface area contributed by atoms with Crippen molar-refractivity contribution in [3.05, 3.63) is 70.6 Å². The first-order valence-corrected chi connectivity index (χ1v) is 9.88. The Hall–Kier alpha value is -4.07. The highest BCUT2D eigenvalue weighted by Crippen LogP contribution is 2.33. The average molecular weight is 416 g/mol. The predicted octanol–water partition coefficient (Wildman–Crippen LogP) is 3.38. The van der Waals surface area contributed by atoms with Crippen molar-refractivity contribution in [2.75, 3.05) is 25.6 Å². The van der Waals surface area contributed by atoms with Crippen molar-refractivity contribution in [2.45, 2.75) is 6.54 Å². The van der Waals surface area contributed by atoms with Gasteiger partial charge in [0, 0.05) is 23.9 Å². The largest absolute Gasteiger partial charge is 0.496 e. The number of rotatable bonds is 5. The fraction of sp³-hybridized carbons (Fsp3) is 0.174. The van der Waals surface area contributed by atoms with Gasteiger partial charge in [0.1, 0.15) is 19.0 Å². The summed E-state index contributed by atoms with van der Waals surface area (Å²) in [5.41, 5.74) is 2.58. The number of pyridine rings is 1. The molecule has 4 aromatic rings. The zero-order valence-corrected chi connectivity index (χ0v) is 16.8. The van der Waals surface area contributed by atoms with Crippen LogP contribution in [0.4, 0.5) is 5.95 Å². The van der Waals surface area contributed by atoms with E-state index in [4.69, 9.17) is 14.2 Å². The summed E-state index contributed by atoms with van der Waals surface area (Å²) in [4.78, 5) is 24.6. The number of nitrogens with zero attached hydrogens (tertiary/aromatic N) is 2. The number of ether oxygens (including phenoxy) is 3. The Morgan fingerprint density at radius 3 is 2.77 bits per heavy atom. The van der Waals surface area contributed by atoms with Gasteiger partial charge in [0.25, 0.3) is 5.56 Å². The standard InChI is InChI=1S/C23H20N4O4/c1-29-17-5-3-2-4-15(17)16-8-9-24-21-20(16)22(28)27-23(26-21)25-13-14-6-7-18-19(12-14)31-11-10-30-18/h2-9,12H,10-11,13H2,1H3,(H2,24,25,26,27,28). The molecule has 0 bridgehead atoms. The normalized spacial score (nSPS) is 12.5. The van der Waals surface area contributed by atoms with Crippen LogP contribution in [0, 0.1) is 0 Å². The second-order valence-corrected chi connectivity index (χ2v) is 7.00. The van der Waals surface area contributed by atoms with Crippen molar-refractivity contribution in [1.82, 2.24) is 15.0 Å². The van der Waals surface area contributed by atoms with Crippen LogP contribution in [0.5, 0.6) is 17.2 Å². The van der Waals surface area contributed by atoms with Crippen LogP contribution in [0.1, 0.15) is 5.56 Å². The molecule has 0 unspecified atom stereocenters. The molecule has 2 aromatic carbocycles. The van der Waals surface area contributed by atoms with E-state index in [2.05, 4.69) is 20.3 Å². The van der Waals surface area contributed by atoms with Crippen molar-refractivity contribution < 1.29 is 14.2 Å². The molecule has 0 spiro atoms. The van der Waals surface area contributed by atoms with Crippen molar-refractivity contribution >= 4 is 17.0 Å². The maximum absolute atomic E-state index is 12.9. The summed E-state index contributed by atoms with van der Waals surface area (Å²) in [7, 11) is 1.60. The van der Waals surface area contributed by atoms with Gasteiger partial charge in [0.15, 0.2) is 17.1 Å². The summed E-state index contributed by atoms with van der Waals surface area (Å²) in [6.07, 6.45) is 1.64. The quantitative estimate of drug-likeness (QED) is 0.515. The lowest BCUT2D eigenvalue weighted by Crippen LogP contribution is -2.16. The molecule has 3 heterocycles. The van der Waals surface area contributed by atoms with E-state index < -0.39 is 0 Å². The lowest BCUT2D eigenvalue weighted by atomic mass is 10.0. The molecule has 0 amide bonds. The van der Waals surface area contributed by atoms with Crippen LogP contribution in [-0.2, 0) is 6.54 Å². The van der Waals surface area contributed by atoms with Crippen molar-refractivity contribution in [2.24, 2.45) is 0 Å². The number of aromatic nitrogens is 3. The van der Waals surface area contributed by atoms with Crippen molar-refractivity contribution in [1.29, 1.82) is 0 Å². The molecule has 8 heteroatoms. The molecule has 0 fully saturated rings. The number of fused-ring (bicyclic) bond motifs is 2. The monoisotopic (exact) mass is 416 g/mol. The minimum atomic E-state index is -0.274. The molecule has 0 atom stereocenters. The van der Waals surface area contributed by atoms with E-state index in [1.54, 1.807) is 19.4 Å². The fourth-order valence-corrected chi connectivity index (χ4v) is 3.62. The van der Waals surface area contributed by atoms with E-state index >= 15 is 0 Å². The molecule has 0 radical (unpaired) electrons. The Kier molecular flexibility index (Phi) is 4.87. The van der Waals surface area contributed by atoms with Gasteiger partial charge in [-0.3, -0.25) is 9.78 Å². The first-order chi connectivity index (χ1) is 15.2. The lowest BCUT2D eigenvalue weighted by Gasteiger charge is -2.19. The van der Waals surface area contributed by atoms with Gasteiger partial charge in [-0.05, 0) is 29.8 Å². The van der Waals surface area contributed by atoms with E-state index in [9.17, 15) is 4.79 Å². The van der Waals surface area contributed by atoms with Gasteiger partial charge < -0.3 is 19.5 Å². The van der Waals surface area contributed by atoms with Gasteiger partial charge in [0.2, 0.25) is 5.95 Å². The molecule has 1 aliphatic heterocycles. The van der Waals surface area contributed by atoms with Crippen LogP contribution >= 0.6 is 0 Å². The minimum absolute atomic E-state index is 0.274. The molecule has 5 rings (SSSR count). The summed E-state index contributed by atoms with van der Waals surface area (Å²) in [5, 5.41) is 3.57. The molecular weight excluding hydrogens is 396 g/mol. The number of H-pyrrole nitrogens is 1. The van der Waals surface area contributed by atoms with Gasteiger partial charge in [-0.1, -0.05) is 24.3 Å². The molecule has 2 aromatic heterocycles.